The number of nitrogens with zero attached hydrogens (tertiary/aromatic N) is 1. The maximum Gasteiger partial charge on any atom is 0.135 e. The minimum absolute atomic E-state index is 0.192. The molecule has 0 unspecified atom stereocenters. The Kier molecular flexibility index (Phi) is 4.00. The monoisotopic (exact) mass is 250 g/mol. The van der Waals surface area contributed by atoms with Crippen LogP contribution >= 0.6 is 15.9 Å². The van der Waals surface area contributed by atoms with Gasteiger partial charge < -0.3 is 0 Å². The highest BCUT2D eigenvalue weighted by Gasteiger charge is 1.99. The van der Waals surface area contributed by atoms with Crippen molar-refractivity contribution in [3.63, 3.8) is 0 Å². The second-order valence-corrected chi connectivity index (χ2v) is 3.26. The van der Waals surface area contributed by atoms with Crippen molar-refractivity contribution in [1.29, 1.82) is 5.26 Å². The van der Waals surface area contributed by atoms with Crippen molar-refractivity contribution in [2.75, 3.05) is 12.1 Å². The van der Waals surface area contributed by atoms with Crippen LogP contribution in [0, 0.1) is 23.7 Å². The predicted octanol–water partition coefficient (Wildman–Crippen LogP) is 2.30. The van der Waals surface area contributed by atoms with E-state index in [1.807, 2.05) is 6.07 Å². The molecule has 0 fully saturated rings. The van der Waals surface area contributed by atoms with E-state index in [9.17, 15) is 0 Å². The van der Waals surface area contributed by atoms with E-state index in [1.54, 1.807) is 18.2 Å². The summed E-state index contributed by atoms with van der Waals surface area (Å²) in [7, 11) is 0. The van der Waals surface area contributed by atoms with Gasteiger partial charge in [0.2, 0.25) is 0 Å². The molecule has 1 aromatic carbocycles. The van der Waals surface area contributed by atoms with E-state index in [1.165, 1.54) is 0 Å². The van der Waals surface area contributed by atoms with Crippen molar-refractivity contribution in [1.82, 2.24) is 0 Å². The van der Waals surface area contributed by atoms with E-state index in [2.05, 4.69) is 27.3 Å². The van der Waals surface area contributed by atoms with Crippen LogP contribution in [0.3, 0.4) is 0 Å². The summed E-state index contributed by atoms with van der Waals surface area (Å²) >= 11 is 3.26. The van der Waals surface area contributed by atoms with E-state index in [4.69, 9.17) is 16.5 Å². The molecule has 0 aliphatic heterocycles. The zero-order valence-electron chi connectivity index (χ0n) is 7.25. The SMILES string of the molecule is C#CCONc1ccc(C#N)c(Br)c1. The number of nitriles is 1. The Bertz CT molecular complexity index is 404. The second-order valence-electron chi connectivity index (χ2n) is 2.40. The Morgan fingerprint density at radius 3 is 2.93 bits per heavy atom. The Morgan fingerprint density at radius 1 is 1.57 bits per heavy atom. The summed E-state index contributed by atoms with van der Waals surface area (Å²) in [6.07, 6.45) is 5.00. The third-order valence-corrected chi connectivity index (χ3v) is 2.09. The smallest absolute Gasteiger partial charge is 0.135 e. The van der Waals surface area contributed by atoms with Crippen LogP contribution in [0.5, 0.6) is 0 Å². The van der Waals surface area contributed by atoms with Gasteiger partial charge >= 0.3 is 0 Å². The number of hydrogen-bond donors (Lipinski definition) is 1. The molecule has 0 bridgehead atoms. The molecule has 0 aromatic heterocycles. The van der Waals surface area contributed by atoms with Crippen LogP contribution in [0.1, 0.15) is 5.56 Å². The number of rotatable bonds is 3. The standard InChI is InChI=1S/C10H7BrN2O/c1-2-5-14-13-9-4-3-8(7-12)10(11)6-9/h1,3-4,6,13H,5H2. The molecule has 4 heteroatoms. The fourth-order valence-corrected chi connectivity index (χ4v) is 1.30. The molecule has 0 amide bonds. The number of hydrogen-bond acceptors (Lipinski definition) is 3. The van der Waals surface area contributed by atoms with Crippen LogP contribution < -0.4 is 5.48 Å². The van der Waals surface area contributed by atoms with Gasteiger partial charge in [-0.2, -0.15) is 5.26 Å². The molecule has 0 radical (unpaired) electrons. The summed E-state index contributed by atoms with van der Waals surface area (Å²) in [4.78, 5) is 4.91. The molecule has 1 N–H and O–H groups in total. The Balaban J connectivity index is 2.69. The number of terminal acetylenes is 1. The van der Waals surface area contributed by atoms with Crippen LogP contribution in [-0.4, -0.2) is 6.61 Å². The molecule has 0 saturated heterocycles. The minimum atomic E-state index is 0.192. The molecular formula is C10H7BrN2O. The first kappa shape index (κ1) is 10.6. The van der Waals surface area contributed by atoms with E-state index in [-0.39, 0.29) is 6.61 Å². The predicted molar refractivity (Wildman–Crippen MR) is 57.3 cm³/mol. The zero-order chi connectivity index (χ0) is 10.4. The molecule has 1 rings (SSSR count). The summed E-state index contributed by atoms with van der Waals surface area (Å²) < 4.78 is 0.717. The van der Waals surface area contributed by atoms with Crippen molar-refractivity contribution in [2.45, 2.75) is 0 Å². The average Bonchev–Trinajstić information content (AvgIpc) is 2.18. The number of benzene rings is 1. The van der Waals surface area contributed by atoms with Crippen molar-refractivity contribution >= 4 is 21.6 Å². The zero-order valence-corrected chi connectivity index (χ0v) is 8.84. The van der Waals surface area contributed by atoms with E-state index < -0.39 is 0 Å². The molecule has 0 aliphatic carbocycles. The molecular weight excluding hydrogens is 244 g/mol. The van der Waals surface area contributed by atoms with Gasteiger partial charge in [0, 0.05) is 4.47 Å². The normalized spacial score (nSPS) is 8.79. The summed E-state index contributed by atoms with van der Waals surface area (Å²) in [6.45, 7) is 0.192. The van der Waals surface area contributed by atoms with Crippen LogP contribution in [0.15, 0.2) is 22.7 Å². The van der Waals surface area contributed by atoms with Gasteiger partial charge in [0.15, 0.2) is 0 Å². The maximum absolute atomic E-state index is 8.67. The summed E-state index contributed by atoms with van der Waals surface area (Å²) in [5.74, 6) is 2.33. The van der Waals surface area contributed by atoms with Gasteiger partial charge in [-0.25, -0.2) is 0 Å². The molecule has 0 aliphatic rings. The largest absolute Gasteiger partial charge is 0.266 e. The third kappa shape index (κ3) is 2.77. The van der Waals surface area contributed by atoms with Crippen molar-refractivity contribution in [3.8, 4) is 18.4 Å². The Hall–Kier alpha value is -1.49. The highest BCUT2D eigenvalue weighted by Crippen LogP contribution is 2.20. The van der Waals surface area contributed by atoms with Gasteiger partial charge in [-0.3, -0.25) is 10.3 Å². The molecule has 14 heavy (non-hydrogen) atoms. The number of anilines is 1. The lowest BCUT2D eigenvalue weighted by atomic mass is 10.2. The molecule has 0 heterocycles. The summed E-state index contributed by atoms with van der Waals surface area (Å²) in [5, 5.41) is 8.67. The first-order valence-corrected chi connectivity index (χ1v) is 4.58. The van der Waals surface area contributed by atoms with E-state index in [0.29, 0.717) is 10.0 Å². The van der Waals surface area contributed by atoms with Crippen LogP contribution in [0.4, 0.5) is 5.69 Å². The average molecular weight is 251 g/mol. The van der Waals surface area contributed by atoms with E-state index >= 15 is 0 Å². The van der Waals surface area contributed by atoms with Gasteiger partial charge in [-0.1, -0.05) is 5.92 Å². The fraction of sp³-hybridized carbons (Fsp3) is 0.100. The lowest BCUT2D eigenvalue weighted by molar-refractivity contribution is 0.234. The van der Waals surface area contributed by atoms with Gasteiger partial charge in [-0.15, -0.1) is 6.42 Å². The fourth-order valence-electron chi connectivity index (χ4n) is 0.830. The number of halogens is 1. The topological polar surface area (TPSA) is 45.0 Å². The minimum Gasteiger partial charge on any atom is -0.266 e. The first-order chi connectivity index (χ1) is 6.77. The highest BCUT2D eigenvalue weighted by atomic mass is 79.9. The molecule has 0 spiro atoms. The molecule has 3 nitrogen and oxygen atoms in total. The van der Waals surface area contributed by atoms with Crippen LogP contribution in [0.25, 0.3) is 0 Å². The first-order valence-electron chi connectivity index (χ1n) is 3.79. The molecule has 70 valence electrons. The highest BCUT2D eigenvalue weighted by molar-refractivity contribution is 9.10. The van der Waals surface area contributed by atoms with Gasteiger partial charge in [0.25, 0.3) is 0 Å². The summed E-state index contributed by atoms with van der Waals surface area (Å²) in [6, 6.07) is 7.21. The Morgan fingerprint density at radius 2 is 2.36 bits per heavy atom. The van der Waals surface area contributed by atoms with Gasteiger partial charge in [-0.05, 0) is 34.1 Å². The maximum atomic E-state index is 8.67. The molecule has 0 atom stereocenters. The number of nitrogens with one attached hydrogen (secondary N) is 1. The van der Waals surface area contributed by atoms with Crippen molar-refractivity contribution < 1.29 is 4.84 Å². The van der Waals surface area contributed by atoms with Gasteiger partial charge in [0.05, 0.1) is 11.3 Å². The van der Waals surface area contributed by atoms with E-state index in [0.717, 1.165) is 5.69 Å². The molecule has 1 aromatic rings. The summed E-state index contributed by atoms with van der Waals surface area (Å²) in [5.41, 5.74) is 3.97. The lowest BCUT2D eigenvalue weighted by Crippen LogP contribution is -2.01. The van der Waals surface area contributed by atoms with Crippen molar-refractivity contribution in [2.24, 2.45) is 0 Å². The van der Waals surface area contributed by atoms with Crippen LogP contribution in [0.2, 0.25) is 0 Å². The van der Waals surface area contributed by atoms with Gasteiger partial charge in [0.1, 0.15) is 12.7 Å². The van der Waals surface area contributed by atoms with Crippen LogP contribution in [-0.2, 0) is 4.84 Å². The molecule has 0 saturated carbocycles. The second kappa shape index (κ2) is 5.29. The third-order valence-electron chi connectivity index (χ3n) is 1.44. The van der Waals surface area contributed by atoms with Crippen molar-refractivity contribution in [3.05, 3.63) is 28.2 Å². The quantitative estimate of drug-likeness (QED) is 0.509. The Labute approximate surface area is 90.8 Å². The lowest BCUT2D eigenvalue weighted by Gasteiger charge is -2.04.